The summed E-state index contributed by atoms with van der Waals surface area (Å²) in [6, 6.07) is -2.05. The topological polar surface area (TPSA) is 130 Å². The number of rotatable bonds is 8. The molecule has 0 rings (SSSR count). The maximum Gasteiger partial charge on any atom is 0.326 e. The lowest BCUT2D eigenvalue weighted by Crippen LogP contribution is -2.42. The standard InChI is InChI=1S/C11H20N2O5/c1-6(2)5-8(11(17)18)13-9(14)4-3-7(12)10(15)16/h6-8H,3-5,12H2,1-2H3,(H,13,14)(H,15,16)(H,17,18)/t7?,8-/m1/s1. The molecule has 0 saturated carbocycles. The van der Waals surface area contributed by atoms with Crippen LogP contribution in [0.1, 0.15) is 33.1 Å². The highest BCUT2D eigenvalue weighted by Crippen LogP contribution is 2.05. The highest BCUT2D eigenvalue weighted by molar-refractivity contribution is 5.84. The molecule has 104 valence electrons. The minimum Gasteiger partial charge on any atom is -0.480 e. The first-order valence-corrected chi connectivity index (χ1v) is 5.74. The fourth-order valence-electron chi connectivity index (χ4n) is 1.37. The SMILES string of the molecule is CC(C)C[C@@H](NC(=O)CCC(N)C(=O)O)C(=O)O. The van der Waals surface area contributed by atoms with Gasteiger partial charge in [0, 0.05) is 6.42 Å². The fourth-order valence-corrected chi connectivity index (χ4v) is 1.37. The van der Waals surface area contributed by atoms with E-state index >= 15 is 0 Å². The summed E-state index contributed by atoms with van der Waals surface area (Å²) in [5.41, 5.74) is 5.24. The molecule has 0 saturated heterocycles. The molecule has 5 N–H and O–H groups in total. The van der Waals surface area contributed by atoms with E-state index < -0.39 is 29.9 Å². The summed E-state index contributed by atoms with van der Waals surface area (Å²) >= 11 is 0. The van der Waals surface area contributed by atoms with Crippen molar-refractivity contribution in [1.82, 2.24) is 5.32 Å². The van der Waals surface area contributed by atoms with Crippen LogP contribution in [0.25, 0.3) is 0 Å². The van der Waals surface area contributed by atoms with E-state index in [4.69, 9.17) is 15.9 Å². The van der Waals surface area contributed by atoms with E-state index in [0.29, 0.717) is 6.42 Å². The minimum atomic E-state index is -1.18. The van der Waals surface area contributed by atoms with E-state index in [9.17, 15) is 14.4 Å². The molecule has 0 aliphatic rings. The number of aliphatic carboxylic acids is 2. The second-order valence-electron chi connectivity index (χ2n) is 4.57. The van der Waals surface area contributed by atoms with Crippen LogP contribution in [0.2, 0.25) is 0 Å². The van der Waals surface area contributed by atoms with Gasteiger partial charge in [0.1, 0.15) is 12.1 Å². The van der Waals surface area contributed by atoms with Crippen LogP contribution < -0.4 is 11.1 Å². The predicted molar refractivity (Wildman–Crippen MR) is 63.9 cm³/mol. The monoisotopic (exact) mass is 260 g/mol. The lowest BCUT2D eigenvalue weighted by molar-refractivity contribution is -0.142. The van der Waals surface area contributed by atoms with E-state index in [1.54, 1.807) is 0 Å². The summed E-state index contributed by atoms with van der Waals surface area (Å²) in [6.07, 6.45) is 0.205. The molecule has 0 spiro atoms. The molecule has 0 aliphatic heterocycles. The van der Waals surface area contributed by atoms with Crippen molar-refractivity contribution in [2.75, 3.05) is 0 Å². The summed E-state index contributed by atoms with van der Waals surface area (Å²) in [6.45, 7) is 3.70. The maximum absolute atomic E-state index is 11.4. The van der Waals surface area contributed by atoms with E-state index in [1.165, 1.54) is 0 Å². The quantitative estimate of drug-likeness (QED) is 0.478. The van der Waals surface area contributed by atoms with Gasteiger partial charge in [0.25, 0.3) is 0 Å². The second-order valence-corrected chi connectivity index (χ2v) is 4.57. The van der Waals surface area contributed by atoms with Gasteiger partial charge in [0.05, 0.1) is 0 Å². The second kappa shape index (κ2) is 7.65. The lowest BCUT2D eigenvalue weighted by Gasteiger charge is -2.16. The van der Waals surface area contributed by atoms with Crippen molar-refractivity contribution in [1.29, 1.82) is 0 Å². The van der Waals surface area contributed by atoms with Crippen LogP contribution in [0.4, 0.5) is 0 Å². The molecule has 1 amide bonds. The Labute approximate surface area is 105 Å². The van der Waals surface area contributed by atoms with Crippen molar-refractivity contribution < 1.29 is 24.6 Å². The molecule has 7 heteroatoms. The largest absolute Gasteiger partial charge is 0.480 e. The molecule has 0 aromatic carbocycles. The molecule has 0 heterocycles. The number of amides is 1. The minimum absolute atomic E-state index is 0.0187. The Morgan fingerprint density at radius 3 is 2.11 bits per heavy atom. The van der Waals surface area contributed by atoms with Gasteiger partial charge in [0.2, 0.25) is 5.91 Å². The van der Waals surface area contributed by atoms with Gasteiger partial charge in [0.15, 0.2) is 0 Å². The molecule has 0 aromatic heterocycles. The molecule has 0 aromatic rings. The summed E-state index contributed by atoms with van der Waals surface area (Å²) in [5.74, 6) is -2.65. The first kappa shape index (κ1) is 16.4. The Bertz CT molecular complexity index is 317. The van der Waals surface area contributed by atoms with Gasteiger partial charge in [-0.2, -0.15) is 0 Å². The molecular formula is C11H20N2O5. The number of carbonyl (C=O) groups excluding carboxylic acids is 1. The predicted octanol–water partition coefficient (Wildman–Crippen LogP) is -0.206. The van der Waals surface area contributed by atoms with E-state index in [-0.39, 0.29) is 18.8 Å². The number of carbonyl (C=O) groups is 3. The zero-order valence-corrected chi connectivity index (χ0v) is 10.5. The third-order valence-electron chi connectivity index (χ3n) is 2.34. The molecule has 0 fully saturated rings. The molecule has 0 aliphatic carbocycles. The third-order valence-corrected chi connectivity index (χ3v) is 2.34. The van der Waals surface area contributed by atoms with Crippen molar-refractivity contribution in [3.8, 4) is 0 Å². The molecular weight excluding hydrogens is 240 g/mol. The Kier molecular flexibility index (Phi) is 6.96. The third kappa shape index (κ3) is 6.85. The molecule has 2 atom stereocenters. The normalized spacial score (nSPS) is 14.0. The van der Waals surface area contributed by atoms with Gasteiger partial charge in [-0.1, -0.05) is 13.8 Å². The molecule has 0 bridgehead atoms. The van der Waals surface area contributed by atoms with Crippen molar-refractivity contribution in [3.05, 3.63) is 0 Å². The van der Waals surface area contributed by atoms with Crippen LogP contribution in [-0.4, -0.2) is 40.1 Å². The fraction of sp³-hybridized carbons (Fsp3) is 0.727. The molecule has 7 nitrogen and oxygen atoms in total. The Balaban J connectivity index is 4.18. The number of nitrogens with one attached hydrogen (secondary N) is 1. The lowest BCUT2D eigenvalue weighted by atomic mass is 10.0. The van der Waals surface area contributed by atoms with Crippen molar-refractivity contribution in [2.45, 2.75) is 45.2 Å². The summed E-state index contributed by atoms with van der Waals surface area (Å²) in [5, 5.41) is 19.8. The van der Waals surface area contributed by atoms with E-state index in [1.807, 2.05) is 13.8 Å². The summed E-state index contributed by atoms with van der Waals surface area (Å²) in [4.78, 5) is 32.8. The van der Waals surface area contributed by atoms with Crippen LogP contribution in [-0.2, 0) is 14.4 Å². The van der Waals surface area contributed by atoms with Gasteiger partial charge < -0.3 is 21.3 Å². The smallest absolute Gasteiger partial charge is 0.326 e. The highest BCUT2D eigenvalue weighted by atomic mass is 16.4. The number of carboxylic acids is 2. The van der Waals surface area contributed by atoms with Crippen LogP contribution in [0, 0.1) is 5.92 Å². The van der Waals surface area contributed by atoms with Crippen LogP contribution in [0.3, 0.4) is 0 Å². The average molecular weight is 260 g/mol. The van der Waals surface area contributed by atoms with E-state index in [0.717, 1.165) is 0 Å². The maximum atomic E-state index is 11.4. The summed E-state index contributed by atoms with van der Waals surface area (Å²) < 4.78 is 0. The van der Waals surface area contributed by atoms with Gasteiger partial charge in [-0.15, -0.1) is 0 Å². The molecule has 1 unspecified atom stereocenters. The molecule has 0 radical (unpaired) electrons. The highest BCUT2D eigenvalue weighted by Gasteiger charge is 2.21. The number of nitrogens with two attached hydrogens (primary N) is 1. The van der Waals surface area contributed by atoms with Crippen molar-refractivity contribution >= 4 is 17.8 Å². The molecule has 18 heavy (non-hydrogen) atoms. The van der Waals surface area contributed by atoms with Gasteiger partial charge >= 0.3 is 11.9 Å². The van der Waals surface area contributed by atoms with Crippen LogP contribution in [0.15, 0.2) is 0 Å². The van der Waals surface area contributed by atoms with Crippen LogP contribution >= 0.6 is 0 Å². The first-order valence-electron chi connectivity index (χ1n) is 5.74. The van der Waals surface area contributed by atoms with E-state index in [2.05, 4.69) is 5.32 Å². The number of hydrogen-bond acceptors (Lipinski definition) is 4. The summed E-state index contributed by atoms with van der Waals surface area (Å²) in [7, 11) is 0. The average Bonchev–Trinajstić information content (AvgIpc) is 2.23. The van der Waals surface area contributed by atoms with Gasteiger partial charge in [-0.05, 0) is 18.8 Å². The van der Waals surface area contributed by atoms with Crippen molar-refractivity contribution in [3.63, 3.8) is 0 Å². The number of carboxylic acid groups (broad SMARTS) is 2. The number of hydrogen-bond donors (Lipinski definition) is 4. The van der Waals surface area contributed by atoms with Gasteiger partial charge in [-0.25, -0.2) is 4.79 Å². The Hall–Kier alpha value is -1.63. The van der Waals surface area contributed by atoms with Gasteiger partial charge in [-0.3, -0.25) is 9.59 Å². The Morgan fingerprint density at radius 2 is 1.72 bits per heavy atom. The Morgan fingerprint density at radius 1 is 1.17 bits per heavy atom. The van der Waals surface area contributed by atoms with Crippen molar-refractivity contribution in [2.24, 2.45) is 11.7 Å². The first-order chi connectivity index (χ1) is 8.23. The zero-order valence-electron chi connectivity index (χ0n) is 10.5. The van der Waals surface area contributed by atoms with Crippen LogP contribution in [0.5, 0.6) is 0 Å². The zero-order chi connectivity index (χ0) is 14.3.